The van der Waals surface area contributed by atoms with Crippen LogP contribution in [0.25, 0.3) is 6.08 Å². The average Bonchev–Trinajstić information content (AvgIpc) is 2.72. The largest absolute Gasteiger partial charge is 0.508 e. The Morgan fingerprint density at radius 2 is 1.76 bits per heavy atom. The molecule has 0 saturated carbocycles. The summed E-state index contributed by atoms with van der Waals surface area (Å²) in [5, 5.41) is 21.0. The summed E-state index contributed by atoms with van der Waals surface area (Å²) < 4.78 is 35.7. The lowest BCUT2D eigenvalue weighted by Crippen LogP contribution is -2.46. The molecule has 2 aromatic rings. The molecule has 2 N–H and O–H groups in total. The summed E-state index contributed by atoms with van der Waals surface area (Å²) in [5.74, 6) is -2.95. The third kappa shape index (κ3) is 4.45. The first-order valence-corrected chi connectivity index (χ1v) is 9.87. The molecule has 0 aromatic heterocycles. The van der Waals surface area contributed by atoms with Crippen molar-refractivity contribution in [2.24, 2.45) is 5.92 Å². The van der Waals surface area contributed by atoms with Crippen molar-refractivity contribution in [2.75, 3.05) is 7.11 Å². The molecule has 2 aromatic carbocycles. The molecule has 0 aliphatic rings. The number of hydrogen-bond donors (Lipinski definition) is 2. The summed E-state index contributed by atoms with van der Waals surface area (Å²) in [6.45, 7) is 7.34. The highest BCUT2D eigenvalue weighted by Crippen LogP contribution is 2.49. The number of alkyl halides is 2. The van der Waals surface area contributed by atoms with Gasteiger partial charge in [-0.2, -0.15) is 0 Å². The van der Waals surface area contributed by atoms with E-state index < -0.39 is 17.9 Å². The van der Waals surface area contributed by atoms with Crippen LogP contribution in [0.15, 0.2) is 42.5 Å². The monoisotopic (exact) mass is 404 g/mol. The van der Waals surface area contributed by atoms with Crippen LogP contribution in [0.3, 0.4) is 0 Å². The van der Waals surface area contributed by atoms with Gasteiger partial charge in [0.25, 0.3) is 5.92 Å². The van der Waals surface area contributed by atoms with E-state index in [1.165, 1.54) is 38.3 Å². The maximum atomic E-state index is 15.1. The number of phenolic OH excluding ortho intramolecular Hbond substituents is 1. The van der Waals surface area contributed by atoms with Crippen LogP contribution in [0.1, 0.15) is 55.9 Å². The fourth-order valence-electron chi connectivity index (χ4n) is 3.26. The van der Waals surface area contributed by atoms with Crippen LogP contribution < -0.4 is 4.74 Å². The Kier molecular flexibility index (Phi) is 7.06. The van der Waals surface area contributed by atoms with Crippen molar-refractivity contribution < 1.29 is 23.7 Å². The molecule has 0 amide bonds. The van der Waals surface area contributed by atoms with Crippen molar-refractivity contribution in [1.29, 1.82) is 0 Å². The van der Waals surface area contributed by atoms with Crippen LogP contribution in [-0.2, 0) is 5.60 Å². The van der Waals surface area contributed by atoms with Crippen LogP contribution in [-0.4, -0.2) is 23.2 Å². The molecule has 0 radical (unpaired) electrons. The Balaban J connectivity index is 2.72. The molecule has 2 atom stereocenters. The third-order valence-corrected chi connectivity index (χ3v) is 5.48. The highest BCUT2D eigenvalue weighted by atomic mass is 19.3. The Labute approximate surface area is 171 Å². The first-order valence-electron chi connectivity index (χ1n) is 9.87. The molecule has 0 aliphatic heterocycles. The molecule has 0 aliphatic carbocycles. The van der Waals surface area contributed by atoms with Crippen molar-refractivity contribution in [3.63, 3.8) is 0 Å². The van der Waals surface area contributed by atoms with Gasteiger partial charge in [-0.1, -0.05) is 51.5 Å². The van der Waals surface area contributed by atoms with Gasteiger partial charge in [0.1, 0.15) is 11.5 Å². The fraction of sp³-hybridized carbons (Fsp3) is 0.417. The maximum Gasteiger partial charge on any atom is 0.284 e. The van der Waals surface area contributed by atoms with Gasteiger partial charge in [0.2, 0.25) is 0 Å². The zero-order valence-corrected chi connectivity index (χ0v) is 17.7. The van der Waals surface area contributed by atoms with Gasteiger partial charge in [0.05, 0.1) is 7.11 Å². The number of hydrogen-bond acceptors (Lipinski definition) is 3. The zero-order chi connectivity index (χ0) is 21.8. The minimum absolute atomic E-state index is 0.00395. The van der Waals surface area contributed by atoms with E-state index in [2.05, 4.69) is 19.9 Å². The molecule has 0 saturated heterocycles. The number of aliphatic hydroxyl groups is 1. The summed E-state index contributed by atoms with van der Waals surface area (Å²) in [4.78, 5) is 0. The first kappa shape index (κ1) is 22.9. The average molecular weight is 404 g/mol. The molecule has 0 fully saturated rings. The number of ether oxygens (including phenoxy) is 1. The Bertz CT molecular complexity index is 859. The van der Waals surface area contributed by atoms with Gasteiger partial charge < -0.3 is 14.9 Å². The molecule has 0 heterocycles. The van der Waals surface area contributed by atoms with E-state index in [-0.39, 0.29) is 22.6 Å². The SMILES string of the molecule is CCC(C)/C=C/c1cc(OC)c(C(O)(c2ccc(O)cc2)C(F)(F)CC)cc1C. The number of allylic oxidation sites excluding steroid dienone is 1. The van der Waals surface area contributed by atoms with Crippen LogP contribution in [0.5, 0.6) is 11.5 Å². The summed E-state index contributed by atoms with van der Waals surface area (Å²) in [6, 6.07) is 8.43. The van der Waals surface area contributed by atoms with E-state index in [1.54, 1.807) is 12.1 Å². The third-order valence-electron chi connectivity index (χ3n) is 5.48. The zero-order valence-electron chi connectivity index (χ0n) is 17.7. The van der Waals surface area contributed by atoms with E-state index in [9.17, 15) is 10.2 Å². The Morgan fingerprint density at radius 1 is 1.14 bits per heavy atom. The number of benzene rings is 2. The van der Waals surface area contributed by atoms with E-state index in [0.29, 0.717) is 5.92 Å². The van der Waals surface area contributed by atoms with Crippen LogP contribution in [0.4, 0.5) is 8.78 Å². The molecule has 2 rings (SSSR count). The van der Waals surface area contributed by atoms with Crippen molar-refractivity contribution in [3.05, 3.63) is 64.7 Å². The molecule has 5 heteroatoms. The lowest BCUT2D eigenvalue weighted by atomic mass is 9.78. The normalized spacial score (nSPS) is 15.3. The van der Waals surface area contributed by atoms with E-state index in [0.717, 1.165) is 17.5 Å². The van der Waals surface area contributed by atoms with Crippen LogP contribution in [0, 0.1) is 12.8 Å². The summed E-state index contributed by atoms with van der Waals surface area (Å²) in [6.07, 6.45) is 4.44. The lowest BCUT2D eigenvalue weighted by Gasteiger charge is -2.37. The second-order valence-electron chi connectivity index (χ2n) is 7.47. The number of rotatable bonds is 8. The van der Waals surface area contributed by atoms with Crippen molar-refractivity contribution >= 4 is 6.08 Å². The second-order valence-corrected chi connectivity index (χ2v) is 7.47. The van der Waals surface area contributed by atoms with Gasteiger partial charge in [-0.15, -0.1) is 0 Å². The van der Waals surface area contributed by atoms with Gasteiger partial charge >= 0.3 is 0 Å². The number of aryl methyl sites for hydroxylation is 1. The quantitative estimate of drug-likeness (QED) is 0.563. The van der Waals surface area contributed by atoms with E-state index in [4.69, 9.17) is 4.74 Å². The fourth-order valence-corrected chi connectivity index (χ4v) is 3.26. The summed E-state index contributed by atoms with van der Waals surface area (Å²) in [5.41, 5.74) is -1.02. The minimum Gasteiger partial charge on any atom is -0.508 e. The van der Waals surface area contributed by atoms with Gasteiger partial charge in [0.15, 0.2) is 5.60 Å². The Morgan fingerprint density at radius 3 is 2.28 bits per heavy atom. The summed E-state index contributed by atoms with van der Waals surface area (Å²) >= 11 is 0. The number of methoxy groups -OCH3 is 1. The lowest BCUT2D eigenvalue weighted by molar-refractivity contribution is -0.166. The molecule has 29 heavy (non-hydrogen) atoms. The van der Waals surface area contributed by atoms with E-state index >= 15 is 8.78 Å². The topological polar surface area (TPSA) is 49.7 Å². The minimum atomic E-state index is -3.46. The Hall–Kier alpha value is -2.40. The summed E-state index contributed by atoms with van der Waals surface area (Å²) in [7, 11) is 1.40. The van der Waals surface area contributed by atoms with Gasteiger partial charge in [-0.25, -0.2) is 8.78 Å². The standard InChI is InChI=1S/C24H30F2O3/c1-6-16(3)8-9-18-15-22(29-5)21(14-17(18)4)24(28,23(25,26)7-2)19-10-12-20(27)13-11-19/h8-16,27-28H,6-7H2,1-5H3/b9-8+. The molecular formula is C24H30F2O3. The highest BCUT2D eigenvalue weighted by Gasteiger charge is 2.55. The van der Waals surface area contributed by atoms with Gasteiger partial charge in [-0.05, 0) is 53.8 Å². The van der Waals surface area contributed by atoms with Crippen LogP contribution in [0.2, 0.25) is 0 Å². The number of phenols is 1. The second kappa shape index (κ2) is 8.95. The predicted octanol–water partition coefficient (Wildman–Crippen LogP) is 6.05. The molecular weight excluding hydrogens is 374 g/mol. The van der Waals surface area contributed by atoms with E-state index in [1.807, 2.05) is 13.0 Å². The maximum absolute atomic E-state index is 15.1. The van der Waals surface area contributed by atoms with Gasteiger partial charge in [0, 0.05) is 12.0 Å². The predicted molar refractivity (Wildman–Crippen MR) is 113 cm³/mol. The highest BCUT2D eigenvalue weighted by molar-refractivity contribution is 5.61. The smallest absolute Gasteiger partial charge is 0.284 e. The van der Waals surface area contributed by atoms with Crippen molar-refractivity contribution in [2.45, 2.75) is 52.1 Å². The molecule has 0 bridgehead atoms. The number of aromatic hydroxyl groups is 1. The molecule has 2 unspecified atom stereocenters. The van der Waals surface area contributed by atoms with Crippen LogP contribution >= 0.6 is 0 Å². The number of halogens is 2. The van der Waals surface area contributed by atoms with Crippen molar-refractivity contribution in [1.82, 2.24) is 0 Å². The molecule has 158 valence electrons. The first-order chi connectivity index (χ1) is 13.6. The van der Waals surface area contributed by atoms with Gasteiger partial charge in [-0.3, -0.25) is 0 Å². The van der Waals surface area contributed by atoms with Crippen molar-refractivity contribution in [3.8, 4) is 11.5 Å². The molecule has 0 spiro atoms. The molecule has 3 nitrogen and oxygen atoms in total.